The standard InChI is InChI=1S/C24H30FNO2/c1-20(19-27)28-24(13-11-21-7-3-2-4-8-21)14-17-26(18-15-24)16-12-22-9-5-6-10-23(22)25/h2-10,19-20H,11-18H2,1H3. The molecule has 2 aromatic rings. The van der Waals surface area contributed by atoms with Crippen LogP contribution in [0.1, 0.15) is 37.3 Å². The average molecular weight is 384 g/mol. The van der Waals surface area contributed by atoms with E-state index in [4.69, 9.17) is 4.74 Å². The Bertz CT molecular complexity index is 741. The van der Waals surface area contributed by atoms with Gasteiger partial charge in [0.05, 0.1) is 5.60 Å². The van der Waals surface area contributed by atoms with E-state index in [2.05, 4.69) is 29.2 Å². The van der Waals surface area contributed by atoms with Crippen LogP contribution < -0.4 is 0 Å². The lowest BCUT2D eigenvalue weighted by atomic mass is 9.85. The van der Waals surface area contributed by atoms with E-state index in [0.717, 1.165) is 63.6 Å². The van der Waals surface area contributed by atoms with E-state index in [1.165, 1.54) is 11.6 Å². The highest BCUT2D eigenvalue weighted by molar-refractivity contribution is 5.55. The molecule has 1 atom stereocenters. The third kappa shape index (κ3) is 5.73. The first-order valence-corrected chi connectivity index (χ1v) is 10.2. The van der Waals surface area contributed by atoms with Crippen LogP contribution in [0, 0.1) is 5.82 Å². The van der Waals surface area contributed by atoms with Gasteiger partial charge in [-0.1, -0.05) is 48.5 Å². The largest absolute Gasteiger partial charge is 0.364 e. The Balaban J connectivity index is 1.56. The van der Waals surface area contributed by atoms with Crippen molar-refractivity contribution >= 4 is 6.29 Å². The monoisotopic (exact) mass is 383 g/mol. The van der Waals surface area contributed by atoms with Crippen LogP contribution in [0.25, 0.3) is 0 Å². The van der Waals surface area contributed by atoms with E-state index in [0.29, 0.717) is 0 Å². The molecular weight excluding hydrogens is 353 g/mol. The third-order valence-electron chi connectivity index (χ3n) is 5.76. The number of aldehydes is 1. The van der Waals surface area contributed by atoms with Gasteiger partial charge in [0.1, 0.15) is 18.2 Å². The molecule has 2 aromatic carbocycles. The second-order valence-electron chi connectivity index (χ2n) is 7.81. The fourth-order valence-electron chi connectivity index (χ4n) is 4.03. The molecule has 1 fully saturated rings. The van der Waals surface area contributed by atoms with E-state index in [-0.39, 0.29) is 17.5 Å². The summed E-state index contributed by atoms with van der Waals surface area (Å²) in [5.41, 5.74) is 1.81. The van der Waals surface area contributed by atoms with E-state index in [1.54, 1.807) is 6.07 Å². The zero-order valence-corrected chi connectivity index (χ0v) is 16.6. The van der Waals surface area contributed by atoms with Crippen molar-refractivity contribution in [3.8, 4) is 0 Å². The maximum absolute atomic E-state index is 13.8. The second-order valence-corrected chi connectivity index (χ2v) is 7.81. The van der Waals surface area contributed by atoms with Crippen LogP contribution >= 0.6 is 0 Å². The van der Waals surface area contributed by atoms with Crippen LogP contribution in [-0.2, 0) is 22.4 Å². The van der Waals surface area contributed by atoms with Crippen LogP contribution in [-0.4, -0.2) is 42.5 Å². The number of carbonyl (C=O) groups is 1. The van der Waals surface area contributed by atoms with Gasteiger partial charge in [-0.3, -0.25) is 0 Å². The van der Waals surface area contributed by atoms with Gasteiger partial charge in [0.25, 0.3) is 0 Å². The normalized spacial score (nSPS) is 17.9. The van der Waals surface area contributed by atoms with Crippen LogP contribution in [0.2, 0.25) is 0 Å². The lowest BCUT2D eigenvalue weighted by Crippen LogP contribution is -2.48. The maximum atomic E-state index is 13.8. The number of aryl methyl sites for hydroxylation is 1. The molecule has 0 bridgehead atoms. The lowest BCUT2D eigenvalue weighted by Gasteiger charge is -2.43. The SMILES string of the molecule is CC(C=O)OC1(CCc2ccccc2)CCN(CCc2ccccc2F)CC1. The van der Waals surface area contributed by atoms with E-state index < -0.39 is 0 Å². The van der Waals surface area contributed by atoms with Crippen LogP contribution in [0.5, 0.6) is 0 Å². The number of rotatable bonds is 9. The number of nitrogens with zero attached hydrogens (tertiary/aromatic N) is 1. The number of ether oxygens (including phenoxy) is 1. The van der Waals surface area contributed by atoms with Gasteiger partial charge in [0.15, 0.2) is 0 Å². The summed E-state index contributed by atoms with van der Waals surface area (Å²) in [5.74, 6) is -0.125. The van der Waals surface area contributed by atoms with Crippen molar-refractivity contribution in [1.29, 1.82) is 0 Å². The summed E-state index contributed by atoms with van der Waals surface area (Å²) >= 11 is 0. The van der Waals surface area contributed by atoms with Crippen molar-refractivity contribution in [3.63, 3.8) is 0 Å². The van der Waals surface area contributed by atoms with Gasteiger partial charge in [-0.2, -0.15) is 0 Å². The van der Waals surface area contributed by atoms with Crippen molar-refractivity contribution in [3.05, 3.63) is 71.5 Å². The van der Waals surface area contributed by atoms with Crippen molar-refractivity contribution in [1.82, 2.24) is 4.90 Å². The molecule has 1 aliphatic rings. The molecular formula is C24H30FNO2. The topological polar surface area (TPSA) is 29.5 Å². The summed E-state index contributed by atoms with van der Waals surface area (Å²) in [6.45, 7) is 4.49. The van der Waals surface area contributed by atoms with Crippen molar-refractivity contribution < 1.29 is 13.9 Å². The highest BCUT2D eigenvalue weighted by atomic mass is 19.1. The number of carbonyl (C=O) groups excluding carboxylic acids is 1. The van der Waals surface area contributed by atoms with E-state index in [9.17, 15) is 9.18 Å². The van der Waals surface area contributed by atoms with E-state index >= 15 is 0 Å². The Morgan fingerprint density at radius 2 is 1.75 bits per heavy atom. The molecule has 0 spiro atoms. The smallest absolute Gasteiger partial charge is 0.148 e. The zero-order valence-electron chi connectivity index (χ0n) is 16.6. The Labute approximate surface area is 167 Å². The van der Waals surface area contributed by atoms with Gasteiger partial charge in [-0.25, -0.2) is 4.39 Å². The molecule has 28 heavy (non-hydrogen) atoms. The van der Waals surface area contributed by atoms with Gasteiger partial charge in [0.2, 0.25) is 0 Å². The summed E-state index contributed by atoms with van der Waals surface area (Å²) in [6.07, 6.45) is 4.87. The Hall–Kier alpha value is -2.04. The van der Waals surface area contributed by atoms with Gasteiger partial charge in [-0.05, 0) is 56.2 Å². The molecule has 3 nitrogen and oxygen atoms in total. The number of hydrogen-bond acceptors (Lipinski definition) is 3. The molecule has 0 amide bonds. The average Bonchev–Trinajstić information content (AvgIpc) is 2.73. The van der Waals surface area contributed by atoms with Crippen molar-refractivity contribution in [2.45, 2.75) is 50.7 Å². The highest BCUT2D eigenvalue weighted by Crippen LogP contribution is 2.32. The maximum Gasteiger partial charge on any atom is 0.148 e. The predicted molar refractivity (Wildman–Crippen MR) is 110 cm³/mol. The summed E-state index contributed by atoms with van der Waals surface area (Å²) in [7, 11) is 0. The molecule has 0 radical (unpaired) electrons. The molecule has 1 aliphatic heterocycles. The summed E-state index contributed by atoms with van der Waals surface area (Å²) in [4.78, 5) is 13.6. The lowest BCUT2D eigenvalue weighted by molar-refractivity contribution is -0.142. The quantitative estimate of drug-likeness (QED) is 0.600. The minimum absolute atomic E-state index is 0.125. The van der Waals surface area contributed by atoms with Gasteiger partial charge >= 0.3 is 0 Å². The molecule has 4 heteroatoms. The fourth-order valence-corrected chi connectivity index (χ4v) is 4.03. The third-order valence-corrected chi connectivity index (χ3v) is 5.76. The van der Waals surface area contributed by atoms with Crippen molar-refractivity contribution in [2.75, 3.05) is 19.6 Å². The van der Waals surface area contributed by atoms with Crippen molar-refractivity contribution in [2.24, 2.45) is 0 Å². The minimum Gasteiger partial charge on any atom is -0.364 e. The van der Waals surface area contributed by atoms with Gasteiger partial charge in [0, 0.05) is 19.6 Å². The number of halogens is 1. The number of likely N-dealkylation sites (tertiary alicyclic amines) is 1. The van der Waals surface area contributed by atoms with Gasteiger partial charge in [-0.15, -0.1) is 0 Å². The fraction of sp³-hybridized carbons (Fsp3) is 0.458. The van der Waals surface area contributed by atoms with Crippen LogP contribution in [0.4, 0.5) is 4.39 Å². The molecule has 3 rings (SSSR count). The summed E-state index contributed by atoms with van der Waals surface area (Å²) in [5, 5.41) is 0. The molecule has 0 aromatic heterocycles. The zero-order chi connectivity index (χ0) is 19.8. The first-order chi connectivity index (χ1) is 13.6. The van der Waals surface area contributed by atoms with Gasteiger partial charge < -0.3 is 14.4 Å². The van der Waals surface area contributed by atoms with Crippen LogP contribution in [0.15, 0.2) is 54.6 Å². The Morgan fingerprint density at radius 3 is 2.43 bits per heavy atom. The number of piperidine rings is 1. The molecule has 1 heterocycles. The van der Waals surface area contributed by atoms with Crippen LogP contribution in [0.3, 0.4) is 0 Å². The first-order valence-electron chi connectivity index (χ1n) is 10.2. The Kier molecular flexibility index (Phi) is 7.35. The minimum atomic E-state index is -0.388. The first kappa shape index (κ1) is 20.7. The molecule has 0 saturated carbocycles. The predicted octanol–water partition coefficient (Wildman–Crippen LogP) is 4.44. The number of benzene rings is 2. The molecule has 150 valence electrons. The summed E-state index contributed by atoms with van der Waals surface area (Å²) in [6, 6.07) is 17.4. The molecule has 1 unspecified atom stereocenters. The number of hydrogen-bond donors (Lipinski definition) is 0. The van der Waals surface area contributed by atoms with E-state index in [1.807, 2.05) is 25.1 Å². The molecule has 1 saturated heterocycles. The molecule has 0 aliphatic carbocycles. The molecule has 0 N–H and O–H groups in total. The Morgan fingerprint density at radius 1 is 1.07 bits per heavy atom. The second kappa shape index (κ2) is 9.94. The summed E-state index contributed by atoms with van der Waals surface area (Å²) < 4.78 is 20.1. The highest BCUT2D eigenvalue weighted by Gasteiger charge is 2.36.